The molecule has 1 aromatic rings. The van der Waals surface area contributed by atoms with Crippen LogP contribution in [0.15, 0.2) is 64.6 Å². The Balaban J connectivity index is 2.41. The van der Waals surface area contributed by atoms with Gasteiger partial charge in [-0.3, -0.25) is 0 Å². The first-order chi connectivity index (χ1) is 7.35. The number of hydrogen-bond donors (Lipinski definition) is 1. The van der Waals surface area contributed by atoms with Crippen molar-refractivity contribution in [3.8, 4) is 0 Å². The van der Waals surface area contributed by atoms with Gasteiger partial charge in [0.25, 0.3) is 0 Å². The Morgan fingerprint density at radius 1 is 1.33 bits per heavy atom. The normalized spacial score (nSPS) is 15.0. The Labute approximate surface area is 94.6 Å². The molecule has 15 heavy (non-hydrogen) atoms. The van der Waals surface area contributed by atoms with Crippen molar-refractivity contribution in [2.75, 3.05) is 5.32 Å². The third kappa shape index (κ3) is 2.00. The SMILES string of the molecule is C=CC1=C(/C=C\C)Nc2ccccc2S1. The summed E-state index contributed by atoms with van der Waals surface area (Å²) in [4.78, 5) is 2.42. The molecule has 76 valence electrons. The van der Waals surface area contributed by atoms with Gasteiger partial charge < -0.3 is 5.32 Å². The van der Waals surface area contributed by atoms with E-state index in [9.17, 15) is 0 Å². The summed E-state index contributed by atoms with van der Waals surface area (Å²) < 4.78 is 0. The monoisotopic (exact) mass is 215 g/mol. The van der Waals surface area contributed by atoms with Crippen molar-refractivity contribution in [2.45, 2.75) is 11.8 Å². The van der Waals surface area contributed by atoms with Crippen molar-refractivity contribution in [3.63, 3.8) is 0 Å². The molecule has 0 unspecified atom stereocenters. The second-order valence-electron chi connectivity index (χ2n) is 3.21. The van der Waals surface area contributed by atoms with Crippen molar-refractivity contribution in [1.82, 2.24) is 0 Å². The lowest BCUT2D eigenvalue weighted by molar-refractivity contribution is 1.34. The molecular formula is C13H13NS. The van der Waals surface area contributed by atoms with Crippen LogP contribution in [-0.4, -0.2) is 0 Å². The molecule has 1 nitrogen and oxygen atoms in total. The average Bonchev–Trinajstić information content (AvgIpc) is 2.28. The molecular weight excluding hydrogens is 202 g/mol. The molecule has 1 aliphatic rings. The molecule has 0 atom stereocenters. The van der Waals surface area contributed by atoms with Crippen molar-refractivity contribution in [1.29, 1.82) is 0 Å². The van der Waals surface area contributed by atoms with Gasteiger partial charge in [-0.2, -0.15) is 0 Å². The molecule has 1 heterocycles. The smallest absolute Gasteiger partial charge is 0.0526 e. The zero-order valence-electron chi connectivity index (χ0n) is 8.66. The molecule has 0 saturated carbocycles. The summed E-state index contributed by atoms with van der Waals surface area (Å²) in [6.45, 7) is 5.85. The highest BCUT2D eigenvalue weighted by Gasteiger charge is 2.13. The zero-order chi connectivity index (χ0) is 10.7. The molecule has 0 aromatic heterocycles. The Bertz CT molecular complexity index is 444. The molecule has 0 saturated heterocycles. The van der Waals surface area contributed by atoms with E-state index in [1.807, 2.05) is 25.1 Å². The van der Waals surface area contributed by atoms with Crippen LogP contribution in [0.4, 0.5) is 5.69 Å². The fourth-order valence-corrected chi connectivity index (χ4v) is 2.41. The summed E-state index contributed by atoms with van der Waals surface area (Å²) in [5.41, 5.74) is 2.29. The van der Waals surface area contributed by atoms with Crippen LogP contribution in [0.5, 0.6) is 0 Å². The predicted molar refractivity (Wildman–Crippen MR) is 68.0 cm³/mol. The van der Waals surface area contributed by atoms with Crippen molar-refractivity contribution >= 4 is 17.4 Å². The van der Waals surface area contributed by atoms with Gasteiger partial charge in [-0.25, -0.2) is 0 Å². The van der Waals surface area contributed by atoms with Gasteiger partial charge in [0.05, 0.1) is 11.4 Å². The van der Waals surface area contributed by atoms with Gasteiger partial charge in [0.1, 0.15) is 0 Å². The molecule has 0 radical (unpaired) electrons. The van der Waals surface area contributed by atoms with Gasteiger partial charge in [-0.1, -0.05) is 42.6 Å². The van der Waals surface area contributed by atoms with E-state index in [0.29, 0.717) is 0 Å². The third-order valence-corrected chi connectivity index (χ3v) is 3.34. The minimum absolute atomic E-state index is 1.12. The van der Waals surface area contributed by atoms with E-state index >= 15 is 0 Å². The maximum Gasteiger partial charge on any atom is 0.0526 e. The Kier molecular flexibility index (Phi) is 2.97. The van der Waals surface area contributed by atoms with Crippen LogP contribution < -0.4 is 5.32 Å². The van der Waals surface area contributed by atoms with Gasteiger partial charge in [0.15, 0.2) is 0 Å². The van der Waals surface area contributed by atoms with Gasteiger partial charge in [-0.05, 0) is 25.1 Å². The van der Waals surface area contributed by atoms with E-state index in [1.165, 1.54) is 15.5 Å². The molecule has 0 spiro atoms. The lowest BCUT2D eigenvalue weighted by Crippen LogP contribution is -2.04. The molecule has 0 amide bonds. The summed E-state index contributed by atoms with van der Waals surface area (Å²) in [7, 11) is 0. The number of hydrogen-bond acceptors (Lipinski definition) is 2. The summed E-state index contributed by atoms with van der Waals surface area (Å²) >= 11 is 1.75. The lowest BCUT2D eigenvalue weighted by atomic mass is 10.2. The fourth-order valence-electron chi connectivity index (χ4n) is 1.48. The first-order valence-corrected chi connectivity index (χ1v) is 5.70. The standard InChI is InChI=1S/C13H13NS/c1-3-7-10-12(4-2)15-13-9-6-5-8-11(13)14-10/h3-9,14H,2H2,1H3/b7-3-. The fraction of sp³-hybridized carbons (Fsp3) is 0.0769. The molecule has 2 heteroatoms. The third-order valence-electron chi connectivity index (χ3n) is 2.16. The predicted octanol–water partition coefficient (Wildman–Crippen LogP) is 4.18. The topological polar surface area (TPSA) is 12.0 Å². The van der Waals surface area contributed by atoms with Gasteiger partial charge >= 0.3 is 0 Å². The van der Waals surface area contributed by atoms with Crippen LogP contribution >= 0.6 is 11.8 Å². The van der Waals surface area contributed by atoms with E-state index in [-0.39, 0.29) is 0 Å². The molecule has 2 rings (SSSR count). The van der Waals surface area contributed by atoms with Crippen molar-refractivity contribution in [2.24, 2.45) is 0 Å². The Hall–Kier alpha value is -1.41. The van der Waals surface area contributed by atoms with Crippen molar-refractivity contribution < 1.29 is 0 Å². The van der Waals surface area contributed by atoms with Gasteiger partial charge in [-0.15, -0.1) is 0 Å². The van der Waals surface area contributed by atoms with Crippen LogP contribution in [0.1, 0.15) is 6.92 Å². The number of rotatable bonds is 2. The second-order valence-corrected chi connectivity index (χ2v) is 4.29. The summed E-state index contributed by atoms with van der Waals surface area (Å²) in [6.07, 6.45) is 5.99. The maximum atomic E-state index is 3.84. The highest BCUT2D eigenvalue weighted by atomic mass is 32.2. The van der Waals surface area contributed by atoms with E-state index < -0.39 is 0 Å². The summed E-state index contributed by atoms with van der Waals surface area (Å²) in [5, 5.41) is 3.40. The number of fused-ring (bicyclic) bond motifs is 1. The van der Waals surface area contributed by atoms with E-state index in [1.54, 1.807) is 11.8 Å². The quantitative estimate of drug-likeness (QED) is 0.794. The molecule has 1 aliphatic heterocycles. The highest BCUT2D eigenvalue weighted by Crippen LogP contribution is 2.39. The number of nitrogens with one attached hydrogen (secondary N) is 1. The summed E-state index contributed by atoms with van der Waals surface area (Å²) in [6, 6.07) is 8.29. The van der Waals surface area contributed by atoms with Crippen LogP contribution in [0.2, 0.25) is 0 Å². The average molecular weight is 215 g/mol. The second kappa shape index (κ2) is 4.41. The number of benzene rings is 1. The number of anilines is 1. The number of allylic oxidation sites excluding steroid dienone is 3. The van der Waals surface area contributed by atoms with E-state index in [0.717, 1.165) is 5.70 Å². The molecule has 1 N–H and O–H groups in total. The Morgan fingerprint density at radius 3 is 2.87 bits per heavy atom. The minimum atomic E-state index is 1.12. The van der Waals surface area contributed by atoms with Crippen LogP contribution in [0, 0.1) is 0 Å². The van der Waals surface area contributed by atoms with E-state index in [2.05, 4.69) is 36.2 Å². The largest absolute Gasteiger partial charge is 0.354 e. The summed E-state index contributed by atoms with van der Waals surface area (Å²) in [5.74, 6) is 0. The minimum Gasteiger partial charge on any atom is -0.354 e. The van der Waals surface area contributed by atoms with Crippen LogP contribution in [-0.2, 0) is 0 Å². The highest BCUT2D eigenvalue weighted by molar-refractivity contribution is 8.03. The molecule has 1 aromatic carbocycles. The molecule has 0 bridgehead atoms. The molecule has 0 aliphatic carbocycles. The van der Waals surface area contributed by atoms with E-state index in [4.69, 9.17) is 0 Å². The first kappa shape index (κ1) is 10.1. The number of thioether (sulfide) groups is 1. The van der Waals surface area contributed by atoms with Gasteiger partial charge in [0, 0.05) is 9.80 Å². The van der Waals surface area contributed by atoms with Crippen LogP contribution in [0.25, 0.3) is 0 Å². The van der Waals surface area contributed by atoms with Crippen molar-refractivity contribution in [3.05, 3.63) is 59.7 Å². The van der Waals surface area contributed by atoms with Crippen LogP contribution in [0.3, 0.4) is 0 Å². The molecule has 0 fully saturated rings. The maximum absolute atomic E-state index is 3.84. The lowest BCUT2D eigenvalue weighted by Gasteiger charge is -2.20. The zero-order valence-corrected chi connectivity index (χ0v) is 9.47. The first-order valence-electron chi connectivity index (χ1n) is 4.88. The Morgan fingerprint density at radius 2 is 2.13 bits per heavy atom. The number of para-hydroxylation sites is 1. The van der Waals surface area contributed by atoms with Gasteiger partial charge in [0.2, 0.25) is 0 Å².